The molecule has 1 aliphatic heterocycles. The monoisotopic (exact) mass is 295 g/mol. The third kappa shape index (κ3) is 1.81. The molecule has 0 saturated heterocycles. The van der Waals surface area contributed by atoms with Crippen molar-refractivity contribution in [1.82, 2.24) is 0 Å². The number of Topliss-reactive ketones (excluding diaryl/α,β-unsaturated/α-hetero) is 1. The number of hydrogen-bond donors (Lipinski definition) is 0. The zero-order valence-corrected chi connectivity index (χ0v) is 10.2. The third-order valence-electron chi connectivity index (χ3n) is 3.11. The van der Waals surface area contributed by atoms with Crippen LogP contribution in [-0.4, -0.2) is 16.2 Å². The molecular weight excluding hydrogens is 290 g/mol. The molecule has 7 heteroatoms. The van der Waals surface area contributed by atoms with E-state index < -0.39 is 46.0 Å². The first-order chi connectivity index (χ1) is 9.91. The van der Waals surface area contributed by atoms with Crippen LogP contribution in [0.1, 0.15) is 15.9 Å². The Morgan fingerprint density at radius 1 is 0.952 bits per heavy atom. The van der Waals surface area contributed by atoms with Crippen LogP contribution < -0.4 is 0 Å². The number of halogens is 4. The summed E-state index contributed by atoms with van der Waals surface area (Å²) in [7, 11) is 0. The molecule has 0 fully saturated rings. The molecule has 0 spiro atoms. The quantitative estimate of drug-likeness (QED) is 0.351. The standard InChI is InChI=1S/C14H5F4NO2/c15-8-3-1-2-7-13(8)19(21)12(14(7)20)6-4-9(16)11(18)10(17)5-6/h1-5H. The van der Waals surface area contributed by atoms with Gasteiger partial charge in [0.1, 0.15) is 5.56 Å². The zero-order valence-electron chi connectivity index (χ0n) is 10.2. The number of hydrogen-bond acceptors (Lipinski definition) is 2. The molecule has 3 nitrogen and oxygen atoms in total. The number of benzene rings is 2. The second-order valence-corrected chi connectivity index (χ2v) is 4.36. The number of rotatable bonds is 1. The predicted molar refractivity (Wildman–Crippen MR) is 64.4 cm³/mol. The Kier molecular flexibility index (Phi) is 2.79. The summed E-state index contributed by atoms with van der Waals surface area (Å²) in [6.07, 6.45) is 0. The van der Waals surface area contributed by atoms with Crippen LogP contribution in [0.15, 0.2) is 30.3 Å². The molecule has 0 radical (unpaired) electrons. The van der Waals surface area contributed by atoms with E-state index in [0.717, 1.165) is 6.07 Å². The SMILES string of the molecule is O=C1C(c2cc(F)c(F)c(F)c2)=[N+]([O-])c2c(F)cccc21. The molecule has 21 heavy (non-hydrogen) atoms. The number of fused-ring (bicyclic) bond motifs is 1. The van der Waals surface area contributed by atoms with Crippen molar-refractivity contribution in [2.45, 2.75) is 0 Å². The van der Waals surface area contributed by atoms with Gasteiger partial charge in [-0.15, -0.1) is 0 Å². The van der Waals surface area contributed by atoms with Crippen LogP contribution in [0.2, 0.25) is 0 Å². The smallest absolute Gasteiger partial charge is 0.273 e. The second kappa shape index (κ2) is 4.41. The van der Waals surface area contributed by atoms with Crippen molar-refractivity contribution in [3.05, 3.63) is 69.9 Å². The van der Waals surface area contributed by atoms with E-state index in [1.807, 2.05) is 0 Å². The molecule has 106 valence electrons. The van der Waals surface area contributed by atoms with Gasteiger partial charge in [-0.1, -0.05) is 6.07 Å². The maximum absolute atomic E-state index is 13.6. The predicted octanol–water partition coefficient (Wildman–Crippen LogP) is 3.07. The summed E-state index contributed by atoms with van der Waals surface area (Å²) < 4.78 is 52.9. The molecule has 0 bridgehead atoms. The minimum atomic E-state index is -1.72. The van der Waals surface area contributed by atoms with Gasteiger partial charge in [-0.25, -0.2) is 13.2 Å². The van der Waals surface area contributed by atoms with Crippen molar-refractivity contribution in [2.75, 3.05) is 0 Å². The first-order valence-corrected chi connectivity index (χ1v) is 5.74. The van der Waals surface area contributed by atoms with Gasteiger partial charge in [0.25, 0.3) is 17.2 Å². The van der Waals surface area contributed by atoms with Crippen molar-refractivity contribution in [1.29, 1.82) is 0 Å². The molecule has 0 N–H and O–H groups in total. The number of ketones is 1. The van der Waals surface area contributed by atoms with E-state index in [-0.39, 0.29) is 10.3 Å². The normalized spacial score (nSPS) is 13.8. The van der Waals surface area contributed by atoms with Gasteiger partial charge in [-0.05, 0) is 24.3 Å². The Bertz CT molecular complexity index is 807. The van der Waals surface area contributed by atoms with Gasteiger partial charge in [0.2, 0.25) is 0 Å². The highest BCUT2D eigenvalue weighted by atomic mass is 19.2. The summed E-state index contributed by atoms with van der Waals surface area (Å²) in [6, 6.07) is 4.45. The fourth-order valence-electron chi connectivity index (χ4n) is 2.18. The third-order valence-corrected chi connectivity index (χ3v) is 3.11. The Morgan fingerprint density at radius 3 is 2.14 bits per heavy atom. The fourth-order valence-corrected chi connectivity index (χ4v) is 2.18. The summed E-state index contributed by atoms with van der Waals surface area (Å²) in [6.45, 7) is 0. The Morgan fingerprint density at radius 2 is 1.57 bits per heavy atom. The van der Waals surface area contributed by atoms with E-state index in [4.69, 9.17) is 0 Å². The summed E-state index contributed by atoms with van der Waals surface area (Å²) in [5.74, 6) is -6.63. The van der Waals surface area contributed by atoms with Crippen LogP contribution >= 0.6 is 0 Å². The van der Waals surface area contributed by atoms with Crippen LogP contribution in [0.4, 0.5) is 23.2 Å². The molecule has 0 saturated carbocycles. The molecule has 1 heterocycles. The molecule has 2 aromatic carbocycles. The molecular formula is C14H5F4NO2. The average Bonchev–Trinajstić information content (AvgIpc) is 2.69. The first-order valence-electron chi connectivity index (χ1n) is 5.74. The first kappa shape index (κ1) is 13.3. The highest BCUT2D eigenvalue weighted by Gasteiger charge is 2.39. The summed E-state index contributed by atoms with van der Waals surface area (Å²) >= 11 is 0. The molecule has 0 unspecified atom stereocenters. The van der Waals surface area contributed by atoms with Gasteiger partial charge in [-0.2, -0.15) is 9.13 Å². The summed E-state index contributed by atoms with van der Waals surface area (Å²) in [5, 5.41) is 12.0. The molecule has 2 aromatic rings. The largest absolute Gasteiger partial charge is 0.618 e. The van der Waals surface area contributed by atoms with E-state index in [1.54, 1.807) is 0 Å². The highest BCUT2D eigenvalue weighted by molar-refractivity contribution is 6.52. The Labute approximate surface area is 115 Å². The molecule has 0 amide bonds. The van der Waals surface area contributed by atoms with Crippen LogP contribution in [0.25, 0.3) is 0 Å². The van der Waals surface area contributed by atoms with Crippen LogP contribution in [0, 0.1) is 28.5 Å². The van der Waals surface area contributed by atoms with Gasteiger partial charge in [0, 0.05) is 0 Å². The highest BCUT2D eigenvalue weighted by Crippen LogP contribution is 2.31. The van der Waals surface area contributed by atoms with E-state index in [0.29, 0.717) is 12.1 Å². The van der Waals surface area contributed by atoms with Crippen LogP contribution in [-0.2, 0) is 0 Å². The lowest BCUT2D eigenvalue weighted by Gasteiger charge is -2.03. The van der Waals surface area contributed by atoms with E-state index in [2.05, 4.69) is 0 Å². The topological polar surface area (TPSA) is 43.1 Å². The van der Waals surface area contributed by atoms with Crippen molar-refractivity contribution in [3.63, 3.8) is 0 Å². The van der Waals surface area contributed by atoms with Crippen LogP contribution in [0.5, 0.6) is 0 Å². The van der Waals surface area contributed by atoms with E-state index in [1.165, 1.54) is 12.1 Å². The average molecular weight is 295 g/mol. The second-order valence-electron chi connectivity index (χ2n) is 4.36. The number of nitrogens with zero attached hydrogens (tertiary/aromatic N) is 1. The van der Waals surface area contributed by atoms with Gasteiger partial charge in [0.05, 0.1) is 5.56 Å². The van der Waals surface area contributed by atoms with Gasteiger partial charge >= 0.3 is 0 Å². The lowest BCUT2D eigenvalue weighted by atomic mass is 10.0. The molecule has 0 aromatic heterocycles. The maximum atomic E-state index is 13.6. The van der Waals surface area contributed by atoms with Gasteiger partial charge in [0.15, 0.2) is 23.3 Å². The molecule has 0 atom stereocenters. The lowest BCUT2D eigenvalue weighted by molar-refractivity contribution is -0.358. The molecule has 1 aliphatic rings. The summed E-state index contributed by atoms with van der Waals surface area (Å²) in [4.78, 5) is 12.1. The Balaban J connectivity index is 2.26. The van der Waals surface area contributed by atoms with Crippen molar-refractivity contribution in [3.8, 4) is 0 Å². The minimum Gasteiger partial charge on any atom is -0.618 e. The fraction of sp³-hybridized carbons (Fsp3) is 0. The number of para-hydroxylation sites is 1. The minimum absolute atomic E-state index is 0.0425. The molecule has 3 rings (SSSR count). The van der Waals surface area contributed by atoms with Crippen molar-refractivity contribution < 1.29 is 27.1 Å². The zero-order chi connectivity index (χ0) is 15.3. The number of carbonyl (C=O) groups is 1. The summed E-state index contributed by atoms with van der Waals surface area (Å²) in [5.41, 5.74) is -1.86. The molecule has 0 aliphatic carbocycles. The van der Waals surface area contributed by atoms with E-state index in [9.17, 15) is 27.6 Å². The van der Waals surface area contributed by atoms with E-state index >= 15 is 0 Å². The maximum Gasteiger partial charge on any atom is 0.273 e. The Hall–Kier alpha value is -2.70. The van der Waals surface area contributed by atoms with Gasteiger partial charge in [-0.3, -0.25) is 4.79 Å². The lowest BCUT2D eigenvalue weighted by Crippen LogP contribution is -2.17. The van der Waals surface area contributed by atoms with Crippen molar-refractivity contribution >= 4 is 17.2 Å². The van der Waals surface area contributed by atoms with Gasteiger partial charge < -0.3 is 5.21 Å². The van der Waals surface area contributed by atoms with Crippen LogP contribution in [0.3, 0.4) is 0 Å². The van der Waals surface area contributed by atoms with Crippen molar-refractivity contribution in [2.24, 2.45) is 0 Å². The number of carbonyl (C=O) groups excluding carboxylic acids is 1.